The SMILES string of the molecule is CCc1cccc(OCC(=O)Nc2cccc(C(=O)NC(C)(C)C)c2)c1. The third-order valence-corrected chi connectivity index (χ3v) is 3.57. The van der Waals surface area contributed by atoms with Crippen LogP contribution in [0.4, 0.5) is 5.69 Å². The van der Waals surface area contributed by atoms with Crippen LogP contribution in [0.15, 0.2) is 48.5 Å². The summed E-state index contributed by atoms with van der Waals surface area (Å²) in [5.41, 5.74) is 1.88. The Balaban J connectivity index is 1.94. The highest BCUT2D eigenvalue weighted by Gasteiger charge is 2.15. The van der Waals surface area contributed by atoms with Crippen LogP contribution in [-0.2, 0) is 11.2 Å². The smallest absolute Gasteiger partial charge is 0.262 e. The summed E-state index contributed by atoms with van der Waals surface area (Å²) in [4.78, 5) is 24.3. The van der Waals surface area contributed by atoms with E-state index in [1.165, 1.54) is 0 Å². The third-order valence-electron chi connectivity index (χ3n) is 3.57. The number of benzene rings is 2. The van der Waals surface area contributed by atoms with Crippen molar-refractivity contribution in [1.82, 2.24) is 5.32 Å². The molecule has 0 saturated carbocycles. The maximum atomic E-state index is 12.2. The van der Waals surface area contributed by atoms with E-state index in [0.29, 0.717) is 17.0 Å². The molecule has 0 radical (unpaired) electrons. The predicted molar refractivity (Wildman–Crippen MR) is 104 cm³/mol. The van der Waals surface area contributed by atoms with Gasteiger partial charge in [-0.3, -0.25) is 9.59 Å². The molecule has 138 valence electrons. The zero-order valence-corrected chi connectivity index (χ0v) is 15.8. The minimum Gasteiger partial charge on any atom is -0.484 e. The molecule has 2 N–H and O–H groups in total. The van der Waals surface area contributed by atoms with E-state index in [9.17, 15) is 9.59 Å². The maximum Gasteiger partial charge on any atom is 0.262 e. The van der Waals surface area contributed by atoms with Gasteiger partial charge in [0, 0.05) is 16.8 Å². The van der Waals surface area contributed by atoms with Gasteiger partial charge in [-0.05, 0) is 63.1 Å². The van der Waals surface area contributed by atoms with Gasteiger partial charge >= 0.3 is 0 Å². The molecular formula is C21H26N2O3. The molecule has 0 aliphatic carbocycles. The zero-order valence-electron chi connectivity index (χ0n) is 15.8. The molecule has 0 bridgehead atoms. The quantitative estimate of drug-likeness (QED) is 0.829. The van der Waals surface area contributed by atoms with Crippen LogP contribution in [0.5, 0.6) is 5.75 Å². The number of hydrogen-bond acceptors (Lipinski definition) is 3. The lowest BCUT2D eigenvalue weighted by Gasteiger charge is -2.20. The standard InChI is InChI=1S/C21H26N2O3/c1-5-15-8-6-11-18(12-15)26-14-19(24)22-17-10-7-9-16(13-17)20(25)23-21(2,3)4/h6-13H,5,14H2,1-4H3,(H,22,24)(H,23,25). The molecule has 0 saturated heterocycles. The summed E-state index contributed by atoms with van der Waals surface area (Å²) in [6.07, 6.45) is 0.910. The van der Waals surface area contributed by atoms with Gasteiger partial charge < -0.3 is 15.4 Å². The van der Waals surface area contributed by atoms with Gasteiger partial charge in [-0.15, -0.1) is 0 Å². The zero-order chi connectivity index (χ0) is 19.2. The minimum atomic E-state index is -0.322. The van der Waals surface area contributed by atoms with Crippen molar-refractivity contribution < 1.29 is 14.3 Å². The topological polar surface area (TPSA) is 67.4 Å². The van der Waals surface area contributed by atoms with Crippen molar-refractivity contribution in [2.75, 3.05) is 11.9 Å². The Hall–Kier alpha value is -2.82. The third kappa shape index (κ3) is 6.24. The largest absolute Gasteiger partial charge is 0.484 e. The van der Waals surface area contributed by atoms with Gasteiger partial charge in [0.05, 0.1) is 0 Å². The monoisotopic (exact) mass is 354 g/mol. The Bertz CT molecular complexity index is 779. The summed E-state index contributed by atoms with van der Waals surface area (Å²) in [7, 11) is 0. The van der Waals surface area contributed by atoms with Crippen molar-refractivity contribution >= 4 is 17.5 Å². The number of amides is 2. The van der Waals surface area contributed by atoms with Crippen molar-refractivity contribution in [2.24, 2.45) is 0 Å². The molecule has 5 nitrogen and oxygen atoms in total. The molecule has 2 amide bonds. The summed E-state index contributed by atoms with van der Waals surface area (Å²) in [5, 5.41) is 5.65. The van der Waals surface area contributed by atoms with Gasteiger partial charge in [-0.25, -0.2) is 0 Å². The number of aryl methyl sites for hydroxylation is 1. The highest BCUT2D eigenvalue weighted by Crippen LogP contribution is 2.15. The molecular weight excluding hydrogens is 328 g/mol. The number of carbonyl (C=O) groups is 2. The van der Waals surface area contributed by atoms with Gasteiger partial charge in [0.15, 0.2) is 6.61 Å². The fourth-order valence-electron chi connectivity index (χ4n) is 2.35. The molecule has 0 aromatic heterocycles. The summed E-state index contributed by atoms with van der Waals surface area (Å²) in [6, 6.07) is 14.5. The second-order valence-corrected chi connectivity index (χ2v) is 7.12. The molecule has 0 spiro atoms. The molecule has 0 aliphatic heterocycles. The van der Waals surface area contributed by atoms with Crippen molar-refractivity contribution in [3.8, 4) is 5.75 Å². The fraction of sp³-hybridized carbons (Fsp3) is 0.333. The normalized spacial score (nSPS) is 10.9. The Morgan fingerprint density at radius 1 is 1.04 bits per heavy atom. The van der Waals surface area contributed by atoms with Crippen LogP contribution in [-0.4, -0.2) is 24.0 Å². The van der Waals surface area contributed by atoms with Crippen LogP contribution < -0.4 is 15.4 Å². The molecule has 5 heteroatoms. The molecule has 2 aromatic rings. The van der Waals surface area contributed by atoms with Crippen molar-refractivity contribution in [3.63, 3.8) is 0 Å². The molecule has 0 heterocycles. The van der Waals surface area contributed by atoms with Gasteiger partial charge in [0.25, 0.3) is 11.8 Å². The molecule has 0 atom stereocenters. The lowest BCUT2D eigenvalue weighted by Crippen LogP contribution is -2.40. The Labute approximate surface area is 154 Å². The highest BCUT2D eigenvalue weighted by molar-refractivity contribution is 5.97. The number of rotatable bonds is 6. The molecule has 2 rings (SSSR count). The second-order valence-electron chi connectivity index (χ2n) is 7.12. The van der Waals surface area contributed by atoms with Crippen LogP contribution in [0.25, 0.3) is 0 Å². The van der Waals surface area contributed by atoms with Gasteiger partial charge in [-0.1, -0.05) is 25.1 Å². The van der Waals surface area contributed by atoms with E-state index in [1.807, 2.05) is 45.0 Å². The van der Waals surface area contributed by atoms with E-state index in [1.54, 1.807) is 24.3 Å². The lowest BCUT2D eigenvalue weighted by atomic mass is 10.1. The fourth-order valence-corrected chi connectivity index (χ4v) is 2.35. The Morgan fingerprint density at radius 3 is 2.46 bits per heavy atom. The van der Waals surface area contributed by atoms with E-state index in [2.05, 4.69) is 17.6 Å². The van der Waals surface area contributed by atoms with Crippen LogP contribution in [0.2, 0.25) is 0 Å². The summed E-state index contributed by atoms with van der Waals surface area (Å²) in [6.45, 7) is 7.73. The average Bonchev–Trinajstić information content (AvgIpc) is 2.59. The number of hydrogen-bond donors (Lipinski definition) is 2. The van der Waals surface area contributed by atoms with E-state index < -0.39 is 0 Å². The lowest BCUT2D eigenvalue weighted by molar-refractivity contribution is -0.118. The van der Waals surface area contributed by atoms with Gasteiger partial charge in [0.1, 0.15) is 5.75 Å². The summed E-state index contributed by atoms with van der Waals surface area (Å²) < 4.78 is 5.53. The minimum absolute atomic E-state index is 0.0917. The van der Waals surface area contributed by atoms with Gasteiger partial charge in [0.2, 0.25) is 0 Å². The number of ether oxygens (including phenoxy) is 1. The van der Waals surface area contributed by atoms with Gasteiger partial charge in [-0.2, -0.15) is 0 Å². The van der Waals surface area contributed by atoms with Crippen molar-refractivity contribution in [2.45, 2.75) is 39.7 Å². The van der Waals surface area contributed by atoms with E-state index in [0.717, 1.165) is 12.0 Å². The highest BCUT2D eigenvalue weighted by atomic mass is 16.5. The second kappa shape index (κ2) is 8.52. The van der Waals surface area contributed by atoms with E-state index >= 15 is 0 Å². The predicted octanol–water partition coefficient (Wildman–Crippen LogP) is 3.79. The summed E-state index contributed by atoms with van der Waals surface area (Å²) >= 11 is 0. The summed E-state index contributed by atoms with van der Waals surface area (Å²) in [5.74, 6) is 0.208. The van der Waals surface area contributed by atoms with Crippen LogP contribution in [0.3, 0.4) is 0 Å². The van der Waals surface area contributed by atoms with E-state index in [4.69, 9.17) is 4.74 Å². The number of anilines is 1. The van der Waals surface area contributed by atoms with Crippen molar-refractivity contribution in [1.29, 1.82) is 0 Å². The Kier molecular flexibility index (Phi) is 6.39. The molecule has 0 unspecified atom stereocenters. The first kappa shape index (κ1) is 19.5. The van der Waals surface area contributed by atoms with Crippen molar-refractivity contribution in [3.05, 3.63) is 59.7 Å². The molecule has 0 aliphatic rings. The first-order chi connectivity index (χ1) is 12.3. The number of carbonyl (C=O) groups excluding carboxylic acids is 2. The molecule has 0 fully saturated rings. The first-order valence-corrected chi connectivity index (χ1v) is 8.71. The van der Waals surface area contributed by atoms with Crippen LogP contribution >= 0.6 is 0 Å². The maximum absolute atomic E-state index is 12.2. The molecule has 2 aromatic carbocycles. The molecule has 26 heavy (non-hydrogen) atoms. The average molecular weight is 354 g/mol. The number of nitrogens with one attached hydrogen (secondary N) is 2. The van der Waals surface area contributed by atoms with Crippen LogP contribution in [0, 0.1) is 0 Å². The first-order valence-electron chi connectivity index (χ1n) is 8.71. The Morgan fingerprint density at radius 2 is 1.77 bits per heavy atom. The van der Waals surface area contributed by atoms with E-state index in [-0.39, 0.29) is 24.0 Å². The van der Waals surface area contributed by atoms with Crippen LogP contribution in [0.1, 0.15) is 43.6 Å².